The van der Waals surface area contributed by atoms with Crippen molar-refractivity contribution in [2.24, 2.45) is 0 Å². The summed E-state index contributed by atoms with van der Waals surface area (Å²) in [7, 11) is 0. The maximum atomic E-state index is 6.42. The van der Waals surface area contributed by atoms with Crippen LogP contribution in [0, 0.1) is 0 Å². The predicted molar refractivity (Wildman–Crippen MR) is 143 cm³/mol. The van der Waals surface area contributed by atoms with Gasteiger partial charge in [0.25, 0.3) is 0 Å². The number of rotatable bonds is 1. The number of aromatic nitrogens is 1. The van der Waals surface area contributed by atoms with Gasteiger partial charge in [-0.1, -0.05) is 58.4 Å². The van der Waals surface area contributed by atoms with Crippen LogP contribution in [0.1, 0.15) is 0 Å². The molecule has 34 heavy (non-hydrogen) atoms. The van der Waals surface area contributed by atoms with Crippen LogP contribution in [0.4, 0.5) is 0 Å². The van der Waals surface area contributed by atoms with Crippen LogP contribution in [0.15, 0.2) is 110 Å². The third-order valence-electron chi connectivity index (χ3n) is 6.87. The Bertz CT molecular complexity index is 2090. The van der Waals surface area contributed by atoms with Crippen molar-refractivity contribution in [3.8, 4) is 5.69 Å². The van der Waals surface area contributed by atoms with Gasteiger partial charge in [-0.25, -0.2) is 0 Å². The minimum absolute atomic E-state index is 0.881. The number of para-hydroxylation sites is 2. The number of furan rings is 2. The van der Waals surface area contributed by atoms with Gasteiger partial charge in [-0.05, 0) is 54.6 Å². The van der Waals surface area contributed by atoms with E-state index in [0.29, 0.717) is 0 Å². The summed E-state index contributed by atoms with van der Waals surface area (Å²) in [5.74, 6) is 0. The van der Waals surface area contributed by atoms with Crippen molar-refractivity contribution in [3.05, 3.63) is 102 Å². The summed E-state index contributed by atoms with van der Waals surface area (Å²) in [6.07, 6.45) is 0. The van der Waals surface area contributed by atoms with Gasteiger partial charge < -0.3 is 13.4 Å². The van der Waals surface area contributed by atoms with Crippen LogP contribution in [0.25, 0.3) is 71.4 Å². The Labute approximate surface area is 201 Å². The molecule has 0 spiro atoms. The molecule has 0 aliphatic rings. The quantitative estimate of drug-likeness (QED) is 0.224. The van der Waals surface area contributed by atoms with Crippen molar-refractivity contribution >= 4 is 81.6 Å². The smallest absolute Gasteiger partial charge is 0.145 e. The van der Waals surface area contributed by atoms with E-state index in [0.717, 1.165) is 70.5 Å². The van der Waals surface area contributed by atoms with Crippen LogP contribution in [-0.2, 0) is 0 Å². The average molecular weight is 502 g/mol. The average Bonchev–Trinajstić information content (AvgIpc) is 3.53. The van der Waals surface area contributed by atoms with Gasteiger partial charge in [0, 0.05) is 37.1 Å². The molecule has 4 heteroatoms. The number of benzene rings is 5. The molecule has 5 aromatic carbocycles. The lowest BCUT2D eigenvalue weighted by molar-refractivity contribution is 0.668. The molecule has 3 nitrogen and oxygen atoms in total. The second-order valence-electron chi connectivity index (χ2n) is 8.68. The molecule has 0 aliphatic carbocycles. The zero-order valence-electron chi connectivity index (χ0n) is 17.9. The highest BCUT2D eigenvalue weighted by molar-refractivity contribution is 9.10. The molecule has 0 saturated carbocycles. The number of hydrogen-bond donors (Lipinski definition) is 0. The summed E-state index contributed by atoms with van der Waals surface area (Å²) in [4.78, 5) is 0. The van der Waals surface area contributed by atoms with Gasteiger partial charge in [-0.2, -0.15) is 0 Å². The van der Waals surface area contributed by atoms with Gasteiger partial charge >= 0.3 is 0 Å². The van der Waals surface area contributed by atoms with Crippen molar-refractivity contribution in [1.29, 1.82) is 0 Å². The second kappa shape index (κ2) is 6.52. The van der Waals surface area contributed by atoms with E-state index in [1.54, 1.807) is 0 Å². The summed E-state index contributed by atoms with van der Waals surface area (Å²) in [5.41, 5.74) is 6.98. The van der Waals surface area contributed by atoms with Crippen LogP contribution >= 0.6 is 15.9 Å². The minimum atomic E-state index is 0.881. The molecular weight excluding hydrogens is 486 g/mol. The third kappa shape index (κ3) is 2.31. The Balaban J connectivity index is 1.53. The molecule has 8 aromatic rings. The van der Waals surface area contributed by atoms with Gasteiger partial charge in [0.2, 0.25) is 0 Å². The molecule has 0 bridgehead atoms. The normalized spacial score (nSPS) is 12.3. The molecule has 8 rings (SSSR count). The predicted octanol–water partition coefficient (Wildman–Crippen LogP) is 9.34. The summed E-state index contributed by atoms with van der Waals surface area (Å²) in [6, 6.07) is 33.7. The molecule has 0 fully saturated rings. The molecule has 0 unspecified atom stereocenters. The Morgan fingerprint density at radius 2 is 1.32 bits per heavy atom. The largest absolute Gasteiger partial charge is 0.456 e. The zero-order valence-corrected chi connectivity index (χ0v) is 19.5. The molecule has 0 saturated heterocycles. The summed E-state index contributed by atoms with van der Waals surface area (Å²) in [5, 5.41) is 6.80. The van der Waals surface area contributed by atoms with Gasteiger partial charge in [0.1, 0.15) is 22.3 Å². The fourth-order valence-electron chi connectivity index (χ4n) is 5.42. The molecule has 0 aliphatic heterocycles. The van der Waals surface area contributed by atoms with Crippen LogP contribution in [-0.4, -0.2) is 4.57 Å². The van der Waals surface area contributed by atoms with Gasteiger partial charge in [-0.15, -0.1) is 0 Å². The maximum Gasteiger partial charge on any atom is 0.145 e. The van der Waals surface area contributed by atoms with E-state index in [1.807, 2.05) is 24.3 Å². The highest BCUT2D eigenvalue weighted by Crippen LogP contribution is 2.41. The van der Waals surface area contributed by atoms with Gasteiger partial charge in [0.15, 0.2) is 0 Å². The fourth-order valence-corrected chi connectivity index (χ4v) is 5.99. The standard InChI is InChI=1S/C30H16BrNO2/c31-22-8-5-11-27-28(22)21-16-17(12-15-26(21)33-27)32-23-9-3-1-7-20(23)29-24(32)14-13-19-18-6-2-4-10-25(18)34-30(19)29/h1-16H. The molecule has 0 atom stereocenters. The lowest BCUT2D eigenvalue weighted by Gasteiger charge is -2.08. The fraction of sp³-hybridized carbons (Fsp3) is 0. The third-order valence-corrected chi connectivity index (χ3v) is 7.53. The van der Waals surface area contributed by atoms with Crippen LogP contribution in [0.2, 0.25) is 0 Å². The second-order valence-corrected chi connectivity index (χ2v) is 9.54. The van der Waals surface area contributed by atoms with E-state index in [2.05, 4.69) is 93.3 Å². The topological polar surface area (TPSA) is 31.2 Å². The molecular formula is C30H16BrNO2. The van der Waals surface area contributed by atoms with Crippen molar-refractivity contribution in [3.63, 3.8) is 0 Å². The number of halogens is 1. The first-order valence-corrected chi connectivity index (χ1v) is 12.0. The van der Waals surface area contributed by atoms with E-state index in [4.69, 9.17) is 8.83 Å². The molecule has 160 valence electrons. The van der Waals surface area contributed by atoms with Gasteiger partial charge in [-0.3, -0.25) is 0 Å². The van der Waals surface area contributed by atoms with Crippen molar-refractivity contribution in [1.82, 2.24) is 4.57 Å². The zero-order chi connectivity index (χ0) is 22.4. The summed E-state index contributed by atoms with van der Waals surface area (Å²) < 4.78 is 15.9. The van der Waals surface area contributed by atoms with Crippen LogP contribution < -0.4 is 0 Å². The van der Waals surface area contributed by atoms with E-state index < -0.39 is 0 Å². The molecule has 0 amide bonds. The first-order valence-electron chi connectivity index (χ1n) is 11.2. The number of fused-ring (bicyclic) bond motifs is 10. The first kappa shape index (κ1) is 18.4. The Morgan fingerprint density at radius 1 is 0.529 bits per heavy atom. The lowest BCUT2D eigenvalue weighted by Crippen LogP contribution is -1.93. The number of hydrogen-bond acceptors (Lipinski definition) is 2. The van der Waals surface area contributed by atoms with Gasteiger partial charge in [0.05, 0.1) is 16.4 Å². The molecule has 0 N–H and O–H groups in total. The molecule has 0 radical (unpaired) electrons. The lowest BCUT2D eigenvalue weighted by atomic mass is 10.1. The Kier molecular flexibility index (Phi) is 3.53. The summed E-state index contributed by atoms with van der Waals surface area (Å²) in [6.45, 7) is 0. The van der Waals surface area contributed by atoms with Crippen LogP contribution in [0.5, 0.6) is 0 Å². The molecule has 3 heterocycles. The van der Waals surface area contributed by atoms with Crippen molar-refractivity contribution in [2.75, 3.05) is 0 Å². The SMILES string of the molecule is Brc1cccc2oc3ccc(-n4c5ccccc5c5c6oc7ccccc7c6ccc54)cc3c12. The highest BCUT2D eigenvalue weighted by Gasteiger charge is 2.19. The van der Waals surface area contributed by atoms with E-state index in [9.17, 15) is 0 Å². The number of nitrogens with zero attached hydrogens (tertiary/aromatic N) is 1. The van der Waals surface area contributed by atoms with Crippen LogP contribution in [0.3, 0.4) is 0 Å². The highest BCUT2D eigenvalue weighted by atomic mass is 79.9. The molecule has 3 aromatic heterocycles. The minimum Gasteiger partial charge on any atom is -0.456 e. The van der Waals surface area contributed by atoms with E-state index in [1.165, 1.54) is 5.39 Å². The van der Waals surface area contributed by atoms with E-state index in [-0.39, 0.29) is 0 Å². The monoisotopic (exact) mass is 501 g/mol. The van der Waals surface area contributed by atoms with Crippen molar-refractivity contribution in [2.45, 2.75) is 0 Å². The van der Waals surface area contributed by atoms with Crippen molar-refractivity contribution < 1.29 is 8.83 Å². The Morgan fingerprint density at radius 3 is 2.26 bits per heavy atom. The summed E-state index contributed by atoms with van der Waals surface area (Å²) >= 11 is 3.71. The Hall–Kier alpha value is -4.02. The first-order chi connectivity index (χ1) is 16.8. The maximum absolute atomic E-state index is 6.42. The van der Waals surface area contributed by atoms with E-state index >= 15 is 0 Å².